The number of aromatic nitrogens is 4. The van der Waals surface area contributed by atoms with E-state index in [1.165, 1.54) is 0 Å². The maximum atomic E-state index is 11.9. The van der Waals surface area contributed by atoms with E-state index >= 15 is 0 Å². The third-order valence-corrected chi connectivity index (χ3v) is 2.89. The Labute approximate surface area is 110 Å². The number of carbonyl (C=O) groups excluding carboxylic acids is 1. The van der Waals surface area contributed by atoms with Gasteiger partial charge in [-0.25, -0.2) is 0 Å². The molecule has 8 nitrogen and oxygen atoms in total. The lowest BCUT2D eigenvalue weighted by atomic mass is 10.3. The largest absolute Gasteiger partial charge is 0.492 e. The SMILES string of the molecule is Cn1cccc1C(=O)Cn1nc([N+](=O)[O-])nc1Br. The molecule has 0 aliphatic heterocycles. The summed E-state index contributed by atoms with van der Waals surface area (Å²) in [5.74, 6) is -0.746. The van der Waals surface area contributed by atoms with Crippen molar-refractivity contribution in [2.24, 2.45) is 7.05 Å². The van der Waals surface area contributed by atoms with Gasteiger partial charge in [0.1, 0.15) is 6.54 Å². The van der Waals surface area contributed by atoms with Crippen LogP contribution in [0.2, 0.25) is 0 Å². The summed E-state index contributed by atoms with van der Waals surface area (Å²) in [7, 11) is 1.74. The van der Waals surface area contributed by atoms with Gasteiger partial charge in [-0.3, -0.25) is 4.79 Å². The van der Waals surface area contributed by atoms with Gasteiger partial charge in [0.15, 0.2) is 0 Å². The predicted octanol–water partition coefficient (Wildman–Crippen LogP) is 1.17. The van der Waals surface area contributed by atoms with Crippen LogP contribution >= 0.6 is 15.9 Å². The molecule has 0 N–H and O–H groups in total. The fourth-order valence-corrected chi connectivity index (χ4v) is 1.82. The molecule has 2 aromatic heterocycles. The summed E-state index contributed by atoms with van der Waals surface area (Å²) in [6.45, 7) is -0.112. The molecule has 0 saturated carbocycles. The predicted molar refractivity (Wildman–Crippen MR) is 64.1 cm³/mol. The molecule has 2 rings (SSSR count). The van der Waals surface area contributed by atoms with Gasteiger partial charge in [-0.2, -0.15) is 4.68 Å². The lowest BCUT2D eigenvalue weighted by Gasteiger charge is -2.00. The van der Waals surface area contributed by atoms with Gasteiger partial charge in [0.25, 0.3) is 4.73 Å². The molecule has 0 aliphatic carbocycles. The van der Waals surface area contributed by atoms with Crippen molar-refractivity contribution in [1.29, 1.82) is 0 Å². The minimum Gasteiger partial charge on any atom is -0.390 e. The Bertz CT molecular complexity index is 618. The van der Waals surface area contributed by atoms with Gasteiger partial charge in [0, 0.05) is 34.3 Å². The number of hydrogen-bond donors (Lipinski definition) is 0. The highest BCUT2D eigenvalue weighted by atomic mass is 79.9. The van der Waals surface area contributed by atoms with E-state index in [0.717, 1.165) is 4.68 Å². The molecule has 0 aliphatic rings. The second-order valence-electron chi connectivity index (χ2n) is 3.52. The Hall–Kier alpha value is -2.03. The van der Waals surface area contributed by atoms with Crippen molar-refractivity contribution in [2.45, 2.75) is 6.54 Å². The zero-order chi connectivity index (χ0) is 13.3. The van der Waals surface area contributed by atoms with Crippen LogP contribution in [0.15, 0.2) is 23.1 Å². The van der Waals surface area contributed by atoms with Crippen LogP contribution in [-0.2, 0) is 13.6 Å². The molecule has 0 fully saturated rings. The van der Waals surface area contributed by atoms with Crippen LogP contribution in [-0.4, -0.2) is 30.0 Å². The van der Waals surface area contributed by atoms with Crippen LogP contribution in [0.1, 0.15) is 10.5 Å². The van der Waals surface area contributed by atoms with E-state index in [9.17, 15) is 14.9 Å². The van der Waals surface area contributed by atoms with Gasteiger partial charge < -0.3 is 14.7 Å². The second kappa shape index (κ2) is 4.69. The van der Waals surface area contributed by atoms with E-state index in [1.807, 2.05) is 0 Å². The van der Waals surface area contributed by atoms with Gasteiger partial charge in [0.05, 0.1) is 5.69 Å². The summed E-state index contributed by atoms with van der Waals surface area (Å²) < 4.78 is 2.96. The van der Waals surface area contributed by atoms with Crippen LogP contribution in [0.4, 0.5) is 5.95 Å². The number of carbonyl (C=O) groups is 1. The number of rotatable bonds is 4. The van der Waals surface area contributed by atoms with E-state index < -0.39 is 10.9 Å². The molecule has 0 saturated heterocycles. The van der Waals surface area contributed by atoms with Gasteiger partial charge >= 0.3 is 5.95 Å². The molecule has 0 radical (unpaired) electrons. The summed E-state index contributed by atoms with van der Waals surface area (Å²) in [4.78, 5) is 25.3. The molecule has 0 spiro atoms. The molecule has 94 valence electrons. The molecular formula is C9H8BrN5O3. The smallest absolute Gasteiger partial charge is 0.390 e. The first-order valence-electron chi connectivity index (χ1n) is 4.88. The molecule has 9 heteroatoms. The van der Waals surface area contributed by atoms with E-state index in [1.54, 1.807) is 29.9 Å². The highest BCUT2D eigenvalue weighted by Gasteiger charge is 2.22. The zero-order valence-electron chi connectivity index (χ0n) is 9.28. The Kier molecular flexibility index (Phi) is 3.24. The van der Waals surface area contributed by atoms with Crippen molar-refractivity contribution in [2.75, 3.05) is 0 Å². The Balaban J connectivity index is 2.22. The molecule has 0 atom stereocenters. The molecular weight excluding hydrogens is 306 g/mol. The fraction of sp³-hybridized carbons (Fsp3) is 0.222. The van der Waals surface area contributed by atoms with Crippen LogP contribution in [0.5, 0.6) is 0 Å². The maximum absolute atomic E-state index is 11.9. The zero-order valence-corrected chi connectivity index (χ0v) is 10.9. The molecule has 2 aromatic rings. The lowest BCUT2D eigenvalue weighted by Crippen LogP contribution is -2.14. The van der Waals surface area contributed by atoms with Gasteiger partial charge in [-0.05, 0) is 22.0 Å². The van der Waals surface area contributed by atoms with Gasteiger partial charge in [-0.15, -0.1) is 0 Å². The number of nitro groups is 1. The number of ketones is 1. The third-order valence-electron chi connectivity index (χ3n) is 2.30. The topological polar surface area (TPSA) is 95.8 Å². The summed E-state index contributed by atoms with van der Waals surface area (Å²) in [6, 6.07) is 3.41. The minimum absolute atomic E-state index is 0.112. The number of Topliss-reactive ketones (excluding diaryl/α,β-unsaturated/α-hetero) is 1. The summed E-state index contributed by atoms with van der Waals surface area (Å²) in [6.07, 6.45) is 1.74. The normalized spacial score (nSPS) is 10.6. The Morgan fingerprint density at radius 2 is 2.33 bits per heavy atom. The molecule has 0 aromatic carbocycles. The van der Waals surface area contributed by atoms with E-state index in [-0.39, 0.29) is 17.1 Å². The van der Waals surface area contributed by atoms with E-state index in [0.29, 0.717) is 5.69 Å². The summed E-state index contributed by atoms with van der Waals surface area (Å²) in [5, 5.41) is 14.1. The third kappa shape index (κ3) is 2.30. The summed E-state index contributed by atoms with van der Waals surface area (Å²) in [5.41, 5.74) is 0.500. The first kappa shape index (κ1) is 12.4. The molecule has 0 amide bonds. The van der Waals surface area contributed by atoms with Crippen LogP contribution in [0.25, 0.3) is 0 Å². The van der Waals surface area contributed by atoms with Crippen LogP contribution in [0, 0.1) is 10.1 Å². The van der Waals surface area contributed by atoms with E-state index in [4.69, 9.17) is 0 Å². The summed E-state index contributed by atoms with van der Waals surface area (Å²) >= 11 is 3.02. The highest BCUT2D eigenvalue weighted by Crippen LogP contribution is 2.13. The number of aryl methyl sites for hydroxylation is 1. The maximum Gasteiger partial charge on any atom is 0.492 e. The molecule has 2 heterocycles. The molecule has 0 unspecified atom stereocenters. The highest BCUT2D eigenvalue weighted by molar-refractivity contribution is 9.10. The monoisotopic (exact) mass is 313 g/mol. The molecule has 18 heavy (non-hydrogen) atoms. The van der Waals surface area contributed by atoms with Crippen molar-refractivity contribution in [1.82, 2.24) is 19.3 Å². The van der Waals surface area contributed by atoms with Crippen LogP contribution < -0.4 is 0 Å². The fourth-order valence-electron chi connectivity index (χ4n) is 1.46. The minimum atomic E-state index is -0.714. The second-order valence-corrected chi connectivity index (χ2v) is 4.23. The first-order chi connectivity index (χ1) is 8.49. The molecule has 0 bridgehead atoms. The standard InChI is InChI=1S/C9H8BrN5O3/c1-13-4-2-3-6(13)7(16)5-14-8(10)11-9(12-14)15(17)18/h2-4H,5H2,1H3. The number of nitrogens with zero attached hydrogens (tertiary/aromatic N) is 5. The number of halogens is 1. The van der Waals surface area contributed by atoms with Crippen molar-refractivity contribution in [3.8, 4) is 0 Å². The first-order valence-corrected chi connectivity index (χ1v) is 5.67. The van der Waals surface area contributed by atoms with Crippen molar-refractivity contribution < 1.29 is 9.72 Å². The Morgan fingerprint density at radius 1 is 1.61 bits per heavy atom. The average Bonchev–Trinajstić information content (AvgIpc) is 2.86. The van der Waals surface area contributed by atoms with Crippen molar-refractivity contribution in [3.05, 3.63) is 38.9 Å². The van der Waals surface area contributed by atoms with E-state index in [2.05, 4.69) is 26.0 Å². The average molecular weight is 314 g/mol. The quantitative estimate of drug-likeness (QED) is 0.479. The van der Waals surface area contributed by atoms with Crippen molar-refractivity contribution >= 4 is 27.7 Å². The van der Waals surface area contributed by atoms with Crippen molar-refractivity contribution in [3.63, 3.8) is 0 Å². The lowest BCUT2D eigenvalue weighted by molar-refractivity contribution is -0.394. The number of hydrogen-bond acceptors (Lipinski definition) is 5. The van der Waals surface area contributed by atoms with Gasteiger partial charge in [0.2, 0.25) is 5.78 Å². The van der Waals surface area contributed by atoms with Gasteiger partial charge in [-0.1, -0.05) is 0 Å². The van der Waals surface area contributed by atoms with Crippen LogP contribution in [0.3, 0.4) is 0 Å². The Morgan fingerprint density at radius 3 is 2.83 bits per heavy atom.